The number of ether oxygens (including phenoxy) is 2. The molecule has 2 aliphatic rings. The number of benzene rings is 2. The van der Waals surface area contributed by atoms with Crippen LogP contribution in [0, 0.1) is 5.92 Å². The molecule has 198 valence electrons. The number of esters is 1. The Morgan fingerprint density at radius 3 is 2.28 bits per heavy atom. The largest absolute Gasteiger partial charge is 0.497 e. The summed E-state index contributed by atoms with van der Waals surface area (Å²) in [4.78, 5) is 28.3. The van der Waals surface area contributed by atoms with E-state index in [1.54, 1.807) is 7.11 Å². The predicted molar refractivity (Wildman–Crippen MR) is 145 cm³/mol. The third-order valence-corrected chi connectivity index (χ3v) is 6.77. The van der Waals surface area contributed by atoms with E-state index in [0.29, 0.717) is 25.2 Å². The molecule has 0 spiro atoms. The van der Waals surface area contributed by atoms with Gasteiger partial charge in [0.05, 0.1) is 13.7 Å². The number of nitrogens with zero attached hydrogens (tertiary/aromatic N) is 2. The van der Waals surface area contributed by atoms with Crippen LogP contribution in [0.1, 0.15) is 26.7 Å². The summed E-state index contributed by atoms with van der Waals surface area (Å²) in [5, 5.41) is 9.97. The molecule has 0 saturated carbocycles. The number of amides is 2. The molecule has 1 unspecified atom stereocenters. The minimum Gasteiger partial charge on any atom is -0.497 e. The van der Waals surface area contributed by atoms with Gasteiger partial charge in [-0.1, -0.05) is 34.1 Å². The van der Waals surface area contributed by atoms with Gasteiger partial charge in [0.2, 0.25) is 0 Å². The Bertz CT molecular complexity index is 929. The molecule has 0 bridgehead atoms. The van der Waals surface area contributed by atoms with E-state index >= 15 is 0 Å². The molecule has 2 heterocycles. The number of rotatable bonds is 4. The van der Waals surface area contributed by atoms with Gasteiger partial charge in [-0.05, 0) is 56.2 Å². The Morgan fingerprint density at radius 1 is 1.08 bits per heavy atom. The van der Waals surface area contributed by atoms with Crippen LogP contribution in [0.4, 0.5) is 10.5 Å². The number of carbonyl (C=O) groups is 2. The summed E-state index contributed by atoms with van der Waals surface area (Å²) in [6, 6.07) is 18.1. The van der Waals surface area contributed by atoms with Crippen LogP contribution in [0.2, 0.25) is 0 Å². The third kappa shape index (κ3) is 9.44. The highest BCUT2D eigenvalue weighted by Gasteiger charge is 2.39. The normalized spacial score (nSPS) is 20.9. The Kier molecular flexibility index (Phi) is 12.7. The molecular formula is C27H38BrN3O5. The summed E-state index contributed by atoms with van der Waals surface area (Å²) < 4.78 is 11.5. The lowest BCUT2D eigenvalue weighted by molar-refractivity contribution is -0.143. The van der Waals surface area contributed by atoms with Crippen LogP contribution < -0.4 is 10.1 Å². The summed E-state index contributed by atoms with van der Waals surface area (Å²) in [7, 11) is 2.62. The number of urea groups is 1. The lowest BCUT2D eigenvalue weighted by atomic mass is 9.89. The summed E-state index contributed by atoms with van der Waals surface area (Å²) in [5.74, 6) is 0.752. The smallest absolute Gasteiger partial charge is 0.321 e. The third-order valence-electron chi connectivity index (χ3n) is 6.24. The summed E-state index contributed by atoms with van der Waals surface area (Å²) in [6.07, 6.45) is 1.91. The molecule has 3 atom stereocenters. The van der Waals surface area contributed by atoms with Crippen molar-refractivity contribution in [2.45, 2.75) is 38.8 Å². The maximum Gasteiger partial charge on any atom is 0.321 e. The Balaban J connectivity index is 0.000000431. The first kappa shape index (κ1) is 29.6. The van der Waals surface area contributed by atoms with Gasteiger partial charge in [-0.25, -0.2) is 4.79 Å². The predicted octanol–water partition coefficient (Wildman–Crippen LogP) is 4.63. The van der Waals surface area contributed by atoms with Gasteiger partial charge in [0.15, 0.2) is 0 Å². The number of hydrogen-bond donors (Lipinski definition) is 2. The molecule has 2 N–H and O–H groups in total. The quantitative estimate of drug-likeness (QED) is 0.527. The van der Waals surface area contributed by atoms with Gasteiger partial charge in [-0.2, -0.15) is 0 Å². The van der Waals surface area contributed by atoms with Crippen LogP contribution in [-0.2, 0) is 9.53 Å². The van der Waals surface area contributed by atoms with Crippen molar-refractivity contribution in [2.75, 3.05) is 45.8 Å². The fourth-order valence-electron chi connectivity index (χ4n) is 4.32. The van der Waals surface area contributed by atoms with Gasteiger partial charge in [0.1, 0.15) is 5.75 Å². The maximum absolute atomic E-state index is 12.8. The zero-order valence-corrected chi connectivity index (χ0v) is 23.1. The highest BCUT2D eigenvalue weighted by Crippen LogP contribution is 2.30. The van der Waals surface area contributed by atoms with Gasteiger partial charge >= 0.3 is 12.0 Å². The van der Waals surface area contributed by atoms with Crippen LogP contribution in [0.15, 0.2) is 59.1 Å². The zero-order valence-electron chi connectivity index (χ0n) is 21.5. The van der Waals surface area contributed by atoms with Crippen molar-refractivity contribution in [1.82, 2.24) is 9.80 Å². The zero-order chi connectivity index (χ0) is 26.5. The fourth-order valence-corrected chi connectivity index (χ4v) is 4.62. The molecule has 0 radical (unpaired) electrons. The van der Waals surface area contributed by atoms with E-state index in [4.69, 9.17) is 14.6 Å². The Morgan fingerprint density at radius 2 is 1.75 bits per heavy atom. The molecule has 2 aromatic carbocycles. The summed E-state index contributed by atoms with van der Waals surface area (Å²) >= 11 is 3.31. The van der Waals surface area contributed by atoms with Crippen molar-refractivity contribution >= 4 is 33.6 Å². The van der Waals surface area contributed by atoms with Gasteiger partial charge in [0.25, 0.3) is 0 Å². The van der Waals surface area contributed by atoms with Crippen molar-refractivity contribution in [3.63, 3.8) is 0 Å². The topological polar surface area (TPSA) is 91.3 Å². The van der Waals surface area contributed by atoms with Crippen molar-refractivity contribution in [3.8, 4) is 5.75 Å². The number of hydrogen-bond acceptors (Lipinski definition) is 6. The van der Waals surface area contributed by atoms with E-state index in [0.717, 1.165) is 49.0 Å². The number of methoxy groups -OCH3 is 1. The van der Waals surface area contributed by atoms with Crippen LogP contribution in [0.3, 0.4) is 0 Å². The molecule has 2 saturated heterocycles. The second kappa shape index (κ2) is 15.5. The molecule has 2 aromatic rings. The minimum absolute atomic E-state index is 0.0900. The van der Waals surface area contributed by atoms with Crippen LogP contribution in [0.5, 0.6) is 5.75 Å². The first-order valence-electron chi connectivity index (χ1n) is 12.1. The number of fused-ring (bicyclic) bond motifs is 1. The summed E-state index contributed by atoms with van der Waals surface area (Å²) in [6.45, 7) is 6.38. The highest BCUT2D eigenvalue weighted by molar-refractivity contribution is 9.10. The number of halogens is 1. The van der Waals surface area contributed by atoms with Gasteiger partial charge in [-0.3, -0.25) is 9.69 Å². The van der Waals surface area contributed by atoms with Crippen LogP contribution in [-0.4, -0.2) is 79.5 Å². The van der Waals surface area contributed by atoms with Gasteiger partial charge in [0, 0.05) is 61.8 Å². The average molecular weight is 565 g/mol. The van der Waals surface area contributed by atoms with E-state index in [-0.39, 0.29) is 17.9 Å². The molecule has 9 heteroatoms. The van der Waals surface area contributed by atoms with E-state index in [1.807, 2.05) is 59.5 Å². The maximum atomic E-state index is 12.8. The SMILES string of the molecule is Brc1ccccc1.CO.COc1ccc(NC(=O)N2CCC(COC(C)=O)CN3[C@H](C[C@H]3C)C2)cc1. The van der Waals surface area contributed by atoms with E-state index in [1.165, 1.54) is 6.92 Å². The fraction of sp³-hybridized carbons (Fsp3) is 0.481. The number of carbonyl (C=O) groups excluding carboxylic acids is 2. The molecular weight excluding hydrogens is 526 g/mol. The lowest BCUT2D eigenvalue weighted by Crippen LogP contribution is -2.62. The monoisotopic (exact) mass is 563 g/mol. The molecule has 2 fully saturated rings. The Hall–Kier alpha value is -2.62. The Labute approximate surface area is 222 Å². The molecule has 36 heavy (non-hydrogen) atoms. The second-order valence-electron chi connectivity index (χ2n) is 8.79. The average Bonchev–Trinajstić information content (AvgIpc) is 2.88. The van der Waals surface area contributed by atoms with Crippen LogP contribution >= 0.6 is 15.9 Å². The molecule has 0 aliphatic carbocycles. The standard InChI is InChI=1S/C20H29N3O4.C6H5Br.CH4O/c1-14-10-18-12-22(9-8-16(11-23(14)18)13-27-15(2)24)20(25)21-17-4-6-19(26-3)7-5-17;7-6-4-2-1-3-5-6;1-2/h4-7,14,16,18H,8-13H2,1-3H3,(H,21,25);1-5H;2H,1H3/t14-,16?,18-;;/m1../s1. The minimum atomic E-state index is -0.251. The first-order chi connectivity index (χ1) is 17.4. The molecule has 2 aliphatic heterocycles. The summed E-state index contributed by atoms with van der Waals surface area (Å²) in [5.41, 5.74) is 0.748. The highest BCUT2D eigenvalue weighted by atomic mass is 79.9. The van der Waals surface area contributed by atoms with E-state index in [9.17, 15) is 9.59 Å². The molecule has 4 rings (SSSR count). The first-order valence-corrected chi connectivity index (χ1v) is 12.9. The van der Waals surface area contributed by atoms with Crippen molar-refractivity contribution < 1.29 is 24.2 Å². The van der Waals surface area contributed by atoms with Gasteiger partial charge in [-0.15, -0.1) is 0 Å². The van der Waals surface area contributed by atoms with Crippen molar-refractivity contribution in [3.05, 3.63) is 59.1 Å². The van der Waals surface area contributed by atoms with Gasteiger partial charge < -0.3 is 24.8 Å². The molecule has 0 aromatic heterocycles. The lowest BCUT2D eigenvalue weighted by Gasteiger charge is -2.51. The van der Waals surface area contributed by atoms with Crippen molar-refractivity contribution in [2.24, 2.45) is 5.92 Å². The number of aliphatic hydroxyl groups is 1. The van der Waals surface area contributed by atoms with E-state index in [2.05, 4.69) is 33.1 Å². The van der Waals surface area contributed by atoms with Crippen LogP contribution in [0.25, 0.3) is 0 Å². The number of nitrogens with one attached hydrogen (secondary N) is 1. The van der Waals surface area contributed by atoms with Crippen molar-refractivity contribution in [1.29, 1.82) is 0 Å². The van der Waals surface area contributed by atoms with E-state index < -0.39 is 0 Å². The molecule has 8 nitrogen and oxygen atoms in total. The molecule has 2 amide bonds. The number of anilines is 1. The number of aliphatic hydroxyl groups excluding tert-OH is 1. The second-order valence-corrected chi connectivity index (χ2v) is 9.71.